The van der Waals surface area contributed by atoms with E-state index in [0.717, 1.165) is 15.9 Å². The Bertz CT molecular complexity index is 592. The van der Waals surface area contributed by atoms with Crippen molar-refractivity contribution < 1.29 is 9.47 Å². The average Bonchev–Trinajstić information content (AvgIpc) is 2.41. The highest BCUT2D eigenvalue weighted by Gasteiger charge is 2.11. The molecule has 7 heteroatoms. The smallest absolute Gasteiger partial charge is 0.204 e. The molecule has 1 heterocycles. The Morgan fingerprint density at radius 3 is 2.68 bits per heavy atom. The van der Waals surface area contributed by atoms with Crippen LogP contribution in [0.5, 0.6) is 11.5 Å². The highest BCUT2D eigenvalue weighted by atomic mass is 79.9. The summed E-state index contributed by atoms with van der Waals surface area (Å²) >= 11 is 3.45. The molecule has 0 saturated carbocycles. The SMILES string of the molecule is COc1ccc(Br)c(Nc2ncnc(N)c2OC)c1. The second kappa shape index (κ2) is 5.75. The number of hydrogen-bond donors (Lipinski definition) is 2. The lowest BCUT2D eigenvalue weighted by Crippen LogP contribution is -2.03. The van der Waals surface area contributed by atoms with Crippen LogP contribution in [0.25, 0.3) is 0 Å². The van der Waals surface area contributed by atoms with Crippen molar-refractivity contribution in [2.45, 2.75) is 0 Å². The van der Waals surface area contributed by atoms with Gasteiger partial charge in [0.15, 0.2) is 11.6 Å². The summed E-state index contributed by atoms with van der Waals surface area (Å²) in [5, 5.41) is 3.12. The van der Waals surface area contributed by atoms with E-state index in [1.807, 2.05) is 18.2 Å². The van der Waals surface area contributed by atoms with Gasteiger partial charge in [-0.15, -0.1) is 0 Å². The number of anilines is 3. The quantitative estimate of drug-likeness (QED) is 0.899. The summed E-state index contributed by atoms with van der Waals surface area (Å²) in [6, 6.07) is 5.56. The summed E-state index contributed by atoms with van der Waals surface area (Å²) < 4.78 is 11.2. The van der Waals surface area contributed by atoms with Gasteiger partial charge in [-0.3, -0.25) is 0 Å². The van der Waals surface area contributed by atoms with Gasteiger partial charge in [0.2, 0.25) is 5.75 Å². The number of rotatable bonds is 4. The zero-order chi connectivity index (χ0) is 13.8. The summed E-state index contributed by atoms with van der Waals surface area (Å²) in [6.07, 6.45) is 1.37. The number of hydrogen-bond acceptors (Lipinski definition) is 6. The molecule has 0 bridgehead atoms. The van der Waals surface area contributed by atoms with Crippen molar-refractivity contribution >= 4 is 33.3 Å². The second-order valence-electron chi connectivity index (χ2n) is 3.61. The largest absolute Gasteiger partial charge is 0.497 e. The Labute approximate surface area is 119 Å². The molecule has 0 saturated heterocycles. The fourth-order valence-electron chi connectivity index (χ4n) is 1.53. The molecule has 0 aliphatic heterocycles. The molecule has 3 N–H and O–H groups in total. The summed E-state index contributed by atoms with van der Waals surface area (Å²) in [4.78, 5) is 7.99. The van der Waals surface area contributed by atoms with Gasteiger partial charge in [-0.05, 0) is 28.1 Å². The first kappa shape index (κ1) is 13.4. The minimum atomic E-state index is 0.277. The monoisotopic (exact) mass is 324 g/mol. The van der Waals surface area contributed by atoms with Crippen LogP contribution in [0.2, 0.25) is 0 Å². The van der Waals surface area contributed by atoms with Crippen molar-refractivity contribution in [3.63, 3.8) is 0 Å². The van der Waals surface area contributed by atoms with E-state index in [4.69, 9.17) is 15.2 Å². The molecule has 1 aromatic carbocycles. The van der Waals surface area contributed by atoms with E-state index in [2.05, 4.69) is 31.2 Å². The standard InChI is InChI=1S/C12H13BrN4O2/c1-18-7-3-4-8(13)9(5-7)17-12-10(19-2)11(14)15-6-16-12/h3-6H,1-2H3,(H3,14,15,16,17). The molecule has 0 amide bonds. The highest BCUT2D eigenvalue weighted by Crippen LogP contribution is 2.33. The summed E-state index contributed by atoms with van der Waals surface area (Å²) in [5.74, 6) is 1.90. The molecule has 0 unspecified atom stereocenters. The van der Waals surface area contributed by atoms with E-state index in [-0.39, 0.29) is 5.82 Å². The molecule has 1 aromatic heterocycles. The van der Waals surface area contributed by atoms with Crippen LogP contribution in [0.15, 0.2) is 29.0 Å². The molecule has 2 aromatic rings. The molecule has 0 atom stereocenters. The van der Waals surface area contributed by atoms with Gasteiger partial charge in [-0.1, -0.05) is 0 Å². The minimum absolute atomic E-state index is 0.277. The third-order valence-electron chi connectivity index (χ3n) is 2.46. The Morgan fingerprint density at radius 1 is 1.21 bits per heavy atom. The first-order chi connectivity index (χ1) is 9.15. The van der Waals surface area contributed by atoms with Gasteiger partial charge in [0.25, 0.3) is 0 Å². The van der Waals surface area contributed by atoms with Gasteiger partial charge in [-0.25, -0.2) is 9.97 Å². The molecular formula is C12H13BrN4O2. The number of nitrogens with two attached hydrogens (primary N) is 1. The van der Waals surface area contributed by atoms with Gasteiger partial charge in [0, 0.05) is 10.5 Å². The maximum Gasteiger partial charge on any atom is 0.204 e. The van der Waals surface area contributed by atoms with Crippen LogP contribution in [0.4, 0.5) is 17.3 Å². The predicted molar refractivity (Wildman–Crippen MR) is 77.0 cm³/mol. The van der Waals surface area contributed by atoms with Crippen LogP contribution >= 0.6 is 15.9 Å². The Kier molecular flexibility index (Phi) is 4.06. The van der Waals surface area contributed by atoms with Crippen LogP contribution in [0.3, 0.4) is 0 Å². The predicted octanol–water partition coefficient (Wildman–Crippen LogP) is 2.58. The number of aromatic nitrogens is 2. The third-order valence-corrected chi connectivity index (χ3v) is 3.15. The number of methoxy groups -OCH3 is 2. The molecule has 0 aliphatic carbocycles. The second-order valence-corrected chi connectivity index (χ2v) is 4.47. The molecule has 6 nitrogen and oxygen atoms in total. The van der Waals surface area contributed by atoms with E-state index < -0.39 is 0 Å². The van der Waals surface area contributed by atoms with E-state index in [1.165, 1.54) is 13.4 Å². The Hall–Kier alpha value is -2.02. The number of halogens is 1. The van der Waals surface area contributed by atoms with Crippen LogP contribution in [-0.2, 0) is 0 Å². The van der Waals surface area contributed by atoms with Gasteiger partial charge in [0.05, 0.1) is 19.9 Å². The molecule has 0 radical (unpaired) electrons. The normalized spacial score (nSPS) is 10.1. The van der Waals surface area contributed by atoms with Crippen molar-refractivity contribution in [2.75, 3.05) is 25.3 Å². The Balaban J connectivity index is 2.38. The average molecular weight is 325 g/mol. The molecule has 0 aliphatic rings. The van der Waals surface area contributed by atoms with E-state index in [1.54, 1.807) is 7.11 Å². The molecule has 0 spiro atoms. The number of nitrogens with zero attached hydrogens (tertiary/aromatic N) is 2. The Morgan fingerprint density at radius 2 is 2.00 bits per heavy atom. The van der Waals surface area contributed by atoms with Gasteiger partial charge in [0.1, 0.15) is 12.1 Å². The van der Waals surface area contributed by atoms with Gasteiger partial charge >= 0.3 is 0 Å². The van der Waals surface area contributed by atoms with Crippen molar-refractivity contribution in [1.29, 1.82) is 0 Å². The third kappa shape index (κ3) is 2.87. The van der Waals surface area contributed by atoms with E-state index >= 15 is 0 Å². The lowest BCUT2D eigenvalue weighted by molar-refractivity contribution is 0.414. The summed E-state index contributed by atoms with van der Waals surface area (Å²) in [6.45, 7) is 0. The molecule has 2 rings (SSSR count). The van der Waals surface area contributed by atoms with Crippen LogP contribution in [-0.4, -0.2) is 24.2 Å². The number of benzene rings is 1. The molecule has 100 valence electrons. The molecular weight excluding hydrogens is 312 g/mol. The lowest BCUT2D eigenvalue weighted by Gasteiger charge is -2.13. The molecule has 0 fully saturated rings. The number of ether oxygens (including phenoxy) is 2. The number of nitrogens with one attached hydrogen (secondary N) is 1. The summed E-state index contributed by atoms with van der Waals surface area (Å²) in [5.41, 5.74) is 6.51. The van der Waals surface area contributed by atoms with Gasteiger partial charge < -0.3 is 20.5 Å². The van der Waals surface area contributed by atoms with Gasteiger partial charge in [-0.2, -0.15) is 0 Å². The zero-order valence-corrected chi connectivity index (χ0v) is 12.1. The van der Waals surface area contributed by atoms with E-state index in [0.29, 0.717) is 11.6 Å². The maximum atomic E-state index is 5.73. The number of nitrogen functional groups attached to an aromatic ring is 1. The van der Waals surface area contributed by atoms with Crippen LogP contribution < -0.4 is 20.5 Å². The first-order valence-electron chi connectivity index (χ1n) is 5.40. The van der Waals surface area contributed by atoms with E-state index in [9.17, 15) is 0 Å². The van der Waals surface area contributed by atoms with Crippen molar-refractivity contribution in [1.82, 2.24) is 9.97 Å². The summed E-state index contributed by atoms with van der Waals surface area (Å²) in [7, 11) is 3.12. The fraction of sp³-hybridized carbons (Fsp3) is 0.167. The fourth-order valence-corrected chi connectivity index (χ4v) is 1.88. The highest BCUT2D eigenvalue weighted by molar-refractivity contribution is 9.10. The lowest BCUT2D eigenvalue weighted by atomic mass is 10.3. The van der Waals surface area contributed by atoms with Crippen molar-refractivity contribution in [3.05, 3.63) is 29.0 Å². The molecule has 19 heavy (non-hydrogen) atoms. The van der Waals surface area contributed by atoms with Crippen LogP contribution in [0, 0.1) is 0 Å². The maximum absolute atomic E-state index is 5.73. The van der Waals surface area contributed by atoms with Crippen LogP contribution in [0.1, 0.15) is 0 Å². The first-order valence-corrected chi connectivity index (χ1v) is 6.20. The topological polar surface area (TPSA) is 82.3 Å². The zero-order valence-electron chi connectivity index (χ0n) is 10.5. The van der Waals surface area contributed by atoms with Crippen molar-refractivity contribution in [2.24, 2.45) is 0 Å². The minimum Gasteiger partial charge on any atom is -0.497 e. The van der Waals surface area contributed by atoms with Crippen molar-refractivity contribution in [3.8, 4) is 11.5 Å².